The minimum absolute atomic E-state index is 0.0580. The summed E-state index contributed by atoms with van der Waals surface area (Å²) in [7, 11) is 0. The summed E-state index contributed by atoms with van der Waals surface area (Å²) in [6.45, 7) is 0. The molecule has 2 aromatic rings. The molecule has 0 spiro atoms. The van der Waals surface area contributed by atoms with E-state index in [4.69, 9.17) is 11.6 Å². The van der Waals surface area contributed by atoms with Crippen LogP contribution >= 0.6 is 34.7 Å². The average Bonchev–Trinajstić information content (AvgIpc) is 3.26. The van der Waals surface area contributed by atoms with Crippen molar-refractivity contribution in [3.8, 4) is 0 Å². The smallest absolute Gasteiger partial charge is 0.280 e. The van der Waals surface area contributed by atoms with Gasteiger partial charge in [-0.15, -0.1) is 11.3 Å². The van der Waals surface area contributed by atoms with Crippen LogP contribution in [0.2, 0.25) is 5.02 Å². The molecule has 0 unspecified atom stereocenters. The fourth-order valence-electron chi connectivity index (χ4n) is 3.24. The second-order valence-electron chi connectivity index (χ2n) is 5.90. The fourth-order valence-corrected chi connectivity index (χ4v) is 5.23. The van der Waals surface area contributed by atoms with Crippen molar-refractivity contribution >= 4 is 40.6 Å². The summed E-state index contributed by atoms with van der Waals surface area (Å²) in [5.74, 6) is -0.0580. The summed E-state index contributed by atoms with van der Waals surface area (Å²) in [6, 6.07) is 8.92. The maximum absolute atomic E-state index is 12.4. The lowest BCUT2D eigenvalue weighted by molar-refractivity contribution is 0.0930. The summed E-state index contributed by atoms with van der Waals surface area (Å²) < 4.78 is 1.00. The van der Waals surface area contributed by atoms with Gasteiger partial charge in [-0.2, -0.15) is 0 Å². The number of carbonyl (C=O) groups excluding carboxylic acids is 1. The van der Waals surface area contributed by atoms with E-state index in [1.54, 1.807) is 18.0 Å². The number of benzene rings is 1. The Morgan fingerprint density at radius 3 is 2.87 bits per heavy atom. The van der Waals surface area contributed by atoms with Crippen LogP contribution in [0.5, 0.6) is 0 Å². The van der Waals surface area contributed by atoms with Crippen LogP contribution < -0.4 is 10.6 Å². The molecule has 2 aliphatic heterocycles. The third-order valence-corrected chi connectivity index (χ3v) is 6.68. The van der Waals surface area contributed by atoms with Crippen molar-refractivity contribution < 1.29 is 4.79 Å². The number of thiazole rings is 1. The summed E-state index contributed by atoms with van der Waals surface area (Å²) in [5.41, 5.74) is 0. The van der Waals surface area contributed by atoms with E-state index in [9.17, 15) is 4.79 Å². The number of nitrogens with one attached hydrogen (secondary N) is 2. The van der Waals surface area contributed by atoms with Gasteiger partial charge in [-0.25, -0.2) is 4.98 Å². The quantitative estimate of drug-likeness (QED) is 0.869. The molecular weight excluding hydrogens is 350 g/mol. The van der Waals surface area contributed by atoms with Crippen LogP contribution in [0.3, 0.4) is 0 Å². The number of aromatic nitrogens is 1. The normalized spacial score (nSPS) is 25.7. The lowest BCUT2D eigenvalue weighted by atomic mass is 9.95. The van der Waals surface area contributed by atoms with Crippen molar-refractivity contribution in [2.75, 3.05) is 0 Å². The lowest BCUT2D eigenvalue weighted by Gasteiger charge is -2.20. The van der Waals surface area contributed by atoms with Crippen LogP contribution in [0.1, 0.15) is 29.1 Å². The summed E-state index contributed by atoms with van der Waals surface area (Å²) in [6.07, 6.45) is 5.19. The zero-order valence-corrected chi connectivity index (χ0v) is 14.7. The largest absolute Gasteiger partial charge is 0.346 e. The number of rotatable bonds is 4. The van der Waals surface area contributed by atoms with E-state index in [0.29, 0.717) is 17.1 Å². The van der Waals surface area contributed by atoms with E-state index in [0.717, 1.165) is 27.0 Å². The lowest BCUT2D eigenvalue weighted by Crippen LogP contribution is -2.42. The van der Waals surface area contributed by atoms with E-state index >= 15 is 0 Å². The summed E-state index contributed by atoms with van der Waals surface area (Å²) in [4.78, 5) is 17.7. The van der Waals surface area contributed by atoms with Crippen LogP contribution in [0.25, 0.3) is 0 Å². The molecule has 2 saturated heterocycles. The molecule has 0 aliphatic carbocycles. The second kappa shape index (κ2) is 6.43. The predicted molar refractivity (Wildman–Crippen MR) is 93.5 cm³/mol. The van der Waals surface area contributed by atoms with Gasteiger partial charge in [0.05, 0.1) is 10.4 Å². The summed E-state index contributed by atoms with van der Waals surface area (Å²) in [5, 5.41) is 7.91. The van der Waals surface area contributed by atoms with Crippen molar-refractivity contribution in [3.05, 3.63) is 40.5 Å². The van der Waals surface area contributed by atoms with Crippen LogP contribution in [-0.2, 0) is 0 Å². The first kappa shape index (κ1) is 15.4. The molecule has 3 atom stereocenters. The number of nitrogens with zero attached hydrogens (tertiary/aromatic N) is 1. The number of fused-ring (bicyclic) bond motifs is 2. The molecule has 1 aromatic heterocycles. The van der Waals surface area contributed by atoms with Gasteiger partial charge in [0.2, 0.25) is 0 Å². The van der Waals surface area contributed by atoms with Gasteiger partial charge in [0, 0.05) is 28.0 Å². The topological polar surface area (TPSA) is 54.0 Å². The maximum atomic E-state index is 12.4. The molecule has 4 nitrogen and oxygen atoms in total. The van der Waals surface area contributed by atoms with E-state index in [-0.39, 0.29) is 11.9 Å². The second-order valence-corrected chi connectivity index (χ2v) is 8.74. The number of carbonyl (C=O) groups is 1. The van der Waals surface area contributed by atoms with Gasteiger partial charge < -0.3 is 10.6 Å². The first-order valence-electron chi connectivity index (χ1n) is 7.63. The Hall–Kier alpha value is -1.08. The Morgan fingerprint density at radius 2 is 2.17 bits per heavy atom. The molecule has 3 heterocycles. The highest BCUT2D eigenvalue weighted by atomic mass is 35.5. The molecule has 2 bridgehead atoms. The van der Waals surface area contributed by atoms with Gasteiger partial charge in [0.1, 0.15) is 0 Å². The zero-order chi connectivity index (χ0) is 15.8. The fraction of sp³-hybridized carbons (Fsp3) is 0.375. The van der Waals surface area contributed by atoms with Gasteiger partial charge in [0.15, 0.2) is 5.01 Å². The Labute approximate surface area is 148 Å². The van der Waals surface area contributed by atoms with E-state index in [1.807, 2.05) is 24.3 Å². The molecular formula is C16H16ClN3OS2. The van der Waals surface area contributed by atoms with Gasteiger partial charge in [-0.05, 0) is 43.5 Å². The Kier molecular flexibility index (Phi) is 4.32. The average molecular weight is 366 g/mol. The number of hydrogen-bond acceptors (Lipinski definition) is 5. The molecule has 7 heteroatoms. The number of halogens is 1. The zero-order valence-electron chi connectivity index (χ0n) is 12.3. The molecule has 2 N–H and O–H groups in total. The Bertz CT molecular complexity index is 718. The van der Waals surface area contributed by atoms with Gasteiger partial charge in [-0.1, -0.05) is 23.4 Å². The minimum atomic E-state index is -0.0580. The van der Waals surface area contributed by atoms with Gasteiger partial charge >= 0.3 is 0 Å². The maximum Gasteiger partial charge on any atom is 0.280 e. The van der Waals surface area contributed by atoms with Crippen molar-refractivity contribution in [1.29, 1.82) is 0 Å². The summed E-state index contributed by atoms with van der Waals surface area (Å²) >= 11 is 8.92. The molecule has 0 saturated carbocycles. The Balaban J connectivity index is 1.39. The van der Waals surface area contributed by atoms with Crippen molar-refractivity contribution in [2.24, 2.45) is 0 Å². The van der Waals surface area contributed by atoms with E-state index in [2.05, 4.69) is 15.6 Å². The van der Waals surface area contributed by atoms with Crippen LogP contribution in [0.15, 0.2) is 39.6 Å². The number of amides is 1. The molecule has 0 radical (unpaired) electrons. The third-order valence-electron chi connectivity index (χ3n) is 4.33. The molecule has 120 valence electrons. The van der Waals surface area contributed by atoms with E-state index < -0.39 is 0 Å². The SMILES string of the molecule is O=C(N[C@@H]1C[C@H]2CC[C@@H]1N2)c1ncc(Sc2ccc(Cl)cc2)s1. The van der Waals surface area contributed by atoms with E-state index in [1.165, 1.54) is 17.8 Å². The molecule has 1 amide bonds. The third kappa shape index (κ3) is 3.40. The molecule has 23 heavy (non-hydrogen) atoms. The Morgan fingerprint density at radius 1 is 1.35 bits per heavy atom. The first-order chi connectivity index (χ1) is 11.2. The van der Waals surface area contributed by atoms with Crippen LogP contribution in [0, 0.1) is 0 Å². The van der Waals surface area contributed by atoms with Gasteiger partial charge in [-0.3, -0.25) is 4.79 Å². The minimum Gasteiger partial charge on any atom is -0.346 e. The van der Waals surface area contributed by atoms with Crippen LogP contribution in [0.4, 0.5) is 0 Å². The molecule has 4 rings (SSSR count). The van der Waals surface area contributed by atoms with Crippen molar-refractivity contribution in [2.45, 2.75) is 46.5 Å². The predicted octanol–water partition coefficient (Wildman–Crippen LogP) is 3.57. The highest BCUT2D eigenvalue weighted by Gasteiger charge is 2.39. The highest BCUT2D eigenvalue weighted by molar-refractivity contribution is 8.01. The van der Waals surface area contributed by atoms with Crippen molar-refractivity contribution in [1.82, 2.24) is 15.6 Å². The number of hydrogen-bond donors (Lipinski definition) is 2. The van der Waals surface area contributed by atoms with Gasteiger partial charge in [0.25, 0.3) is 5.91 Å². The van der Waals surface area contributed by atoms with Crippen LogP contribution in [-0.4, -0.2) is 29.0 Å². The monoisotopic (exact) mass is 365 g/mol. The van der Waals surface area contributed by atoms with Crippen molar-refractivity contribution in [3.63, 3.8) is 0 Å². The molecule has 2 fully saturated rings. The standard InChI is InChI=1S/C16H16ClN3OS2/c17-9-1-4-11(5-2-9)22-14-8-18-16(23-14)15(21)20-13-7-10-3-6-12(13)19-10/h1-2,4-5,8,10,12-13,19H,3,6-7H2,(H,20,21)/t10-,12+,13-/m1/s1. The highest BCUT2D eigenvalue weighted by Crippen LogP contribution is 2.33. The first-order valence-corrected chi connectivity index (χ1v) is 9.64. The molecule has 2 aliphatic rings. The molecule has 1 aromatic carbocycles.